The highest BCUT2D eigenvalue weighted by molar-refractivity contribution is 5.21. The first-order valence-electron chi connectivity index (χ1n) is 5.68. The molecule has 0 radical (unpaired) electrons. The van der Waals surface area contributed by atoms with Gasteiger partial charge in [0.25, 0.3) is 5.95 Å². The van der Waals surface area contributed by atoms with Crippen molar-refractivity contribution in [1.29, 1.82) is 0 Å². The quantitative estimate of drug-likeness (QED) is 0.702. The van der Waals surface area contributed by atoms with Gasteiger partial charge in [0.2, 0.25) is 0 Å². The molecule has 0 aliphatic rings. The van der Waals surface area contributed by atoms with Gasteiger partial charge in [-0.3, -0.25) is 4.68 Å². The molecule has 0 saturated heterocycles. The molecule has 0 aliphatic carbocycles. The van der Waals surface area contributed by atoms with Crippen LogP contribution in [-0.4, -0.2) is 9.78 Å². The second-order valence-electron chi connectivity index (χ2n) is 3.89. The third-order valence-corrected chi connectivity index (χ3v) is 2.51. The van der Waals surface area contributed by atoms with E-state index in [1.807, 2.05) is 29.1 Å². The van der Waals surface area contributed by atoms with Crippen LogP contribution < -0.4 is 4.74 Å². The maximum absolute atomic E-state index is 5.49. The first-order chi connectivity index (χ1) is 8.90. The standard InChI is InChI=1S/C14H12N2O2/c1-2-5-12(6-3-1)10-16-11-13(9-15-16)18-14-7-4-8-17-14/h1-9,11H,10H2. The summed E-state index contributed by atoms with van der Waals surface area (Å²) in [5, 5.41) is 4.24. The molecule has 3 aromatic rings. The Labute approximate surface area is 104 Å². The Morgan fingerprint density at radius 1 is 1.11 bits per heavy atom. The number of hydrogen-bond acceptors (Lipinski definition) is 3. The number of ether oxygens (including phenoxy) is 1. The van der Waals surface area contributed by atoms with Crippen molar-refractivity contribution >= 4 is 0 Å². The molecule has 18 heavy (non-hydrogen) atoms. The number of nitrogens with zero attached hydrogens (tertiary/aromatic N) is 2. The van der Waals surface area contributed by atoms with E-state index < -0.39 is 0 Å². The second kappa shape index (κ2) is 4.79. The minimum atomic E-state index is 0.467. The zero-order valence-electron chi connectivity index (χ0n) is 9.69. The third-order valence-electron chi connectivity index (χ3n) is 2.51. The van der Waals surface area contributed by atoms with Crippen molar-refractivity contribution in [3.63, 3.8) is 0 Å². The lowest BCUT2D eigenvalue weighted by Crippen LogP contribution is -1.99. The Bertz CT molecular complexity index is 600. The molecule has 3 rings (SSSR count). The summed E-state index contributed by atoms with van der Waals surface area (Å²) < 4.78 is 12.4. The molecule has 0 N–H and O–H groups in total. The van der Waals surface area contributed by atoms with E-state index in [0.29, 0.717) is 11.7 Å². The van der Waals surface area contributed by atoms with E-state index in [9.17, 15) is 0 Å². The summed E-state index contributed by atoms with van der Waals surface area (Å²) in [5.41, 5.74) is 1.20. The summed E-state index contributed by atoms with van der Waals surface area (Å²) in [6, 6.07) is 13.7. The van der Waals surface area contributed by atoms with Gasteiger partial charge in [-0.2, -0.15) is 5.10 Å². The molecule has 2 aromatic heterocycles. The molecule has 0 atom stereocenters. The van der Waals surface area contributed by atoms with Gasteiger partial charge in [0.05, 0.1) is 25.2 Å². The Kier molecular flexibility index (Phi) is 2.84. The zero-order valence-corrected chi connectivity index (χ0v) is 9.69. The zero-order chi connectivity index (χ0) is 12.2. The highest BCUT2D eigenvalue weighted by atomic mass is 16.6. The van der Waals surface area contributed by atoms with E-state index in [2.05, 4.69) is 17.2 Å². The molecule has 0 unspecified atom stereocenters. The van der Waals surface area contributed by atoms with E-state index >= 15 is 0 Å². The molecule has 90 valence electrons. The minimum absolute atomic E-state index is 0.467. The van der Waals surface area contributed by atoms with Gasteiger partial charge >= 0.3 is 0 Å². The predicted molar refractivity (Wildman–Crippen MR) is 66.6 cm³/mol. The lowest BCUT2D eigenvalue weighted by atomic mass is 10.2. The Hall–Kier alpha value is -2.49. The van der Waals surface area contributed by atoms with Gasteiger partial charge in [-0.25, -0.2) is 0 Å². The summed E-state index contributed by atoms with van der Waals surface area (Å²) in [4.78, 5) is 0. The van der Waals surface area contributed by atoms with Crippen LogP contribution in [0.2, 0.25) is 0 Å². The molecule has 4 heteroatoms. The van der Waals surface area contributed by atoms with Gasteiger partial charge in [-0.15, -0.1) is 0 Å². The monoisotopic (exact) mass is 240 g/mol. The van der Waals surface area contributed by atoms with Crippen LogP contribution in [0.5, 0.6) is 11.7 Å². The molecule has 0 spiro atoms. The lowest BCUT2D eigenvalue weighted by Gasteiger charge is -2.00. The smallest absolute Gasteiger partial charge is 0.289 e. The highest BCUT2D eigenvalue weighted by Gasteiger charge is 2.03. The van der Waals surface area contributed by atoms with Crippen molar-refractivity contribution < 1.29 is 9.15 Å². The second-order valence-corrected chi connectivity index (χ2v) is 3.89. The van der Waals surface area contributed by atoms with Crippen LogP contribution in [0.15, 0.2) is 65.5 Å². The topological polar surface area (TPSA) is 40.2 Å². The Morgan fingerprint density at radius 2 is 2.00 bits per heavy atom. The third kappa shape index (κ3) is 2.43. The Morgan fingerprint density at radius 3 is 2.78 bits per heavy atom. The minimum Gasteiger partial charge on any atom is -0.434 e. The van der Waals surface area contributed by atoms with Gasteiger partial charge in [-0.1, -0.05) is 30.3 Å². The maximum Gasteiger partial charge on any atom is 0.289 e. The molecule has 4 nitrogen and oxygen atoms in total. The van der Waals surface area contributed by atoms with Crippen molar-refractivity contribution in [3.8, 4) is 11.7 Å². The fourth-order valence-electron chi connectivity index (χ4n) is 1.69. The van der Waals surface area contributed by atoms with E-state index in [1.165, 1.54) is 5.56 Å². The van der Waals surface area contributed by atoms with Crippen LogP contribution in [0.25, 0.3) is 0 Å². The molecule has 1 aromatic carbocycles. The molecular weight excluding hydrogens is 228 g/mol. The summed E-state index contributed by atoms with van der Waals surface area (Å²) in [7, 11) is 0. The van der Waals surface area contributed by atoms with Crippen LogP contribution in [-0.2, 0) is 6.54 Å². The maximum atomic E-state index is 5.49. The van der Waals surface area contributed by atoms with Crippen molar-refractivity contribution in [2.24, 2.45) is 0 Å². The van der Waals surface area contributed by atoms with Crippen molar-refractivity contribution in [1.82, 2.24) is 9.78 Å². The largest absolute Gasteiger partial charge is 0.434 e. The average molecular weight is 240 g/mol. The first-order valence-corrected chi connectivity index (χ1v) is 5.68. The van der Waals surface area contributed by atoms with Crippen LogP contribution in [0, 0.1) is 0 Å². The fraction of sp³-hybridized carbons (Fsp3) is 0.0714. The number of aromatic nitrogens is 2. The molecule has 0 fully saturated rings. The van der Waals surface area contributed by atoms with E-state index in [-0.39, 0.29) is 0 Å². The van der Waals surface area contributed by atoms with Crippen LogP contribution >= 0.6 is 0 Å². The lowest BCUT2D eigenvalue weighted by molar-refractivity contribution is 0.346. The van der Waals surface area contributed by atoms with Crippen LogP contribution in [0.4, 0.5) is 0 Å². The van der Waals surface area contributed by atoms with Crippen LogP contribution in [0.3, 0.4) is 0 Å². The van der Waals surface area contributed by atoms with Gasteiger partial charge in [0.1, 0.15) is 0 Å². The fourth-order valence-corrected chi connectivity index (χ4v) is 1.69. The van der Waals surface area contributed by atoms with Crippen molar-refractivity contribution in [3.05, 3.63) is 66.7 Å². The number of hydrogen-bond donors (Lipinski definition) is 0. The molecule has 0 aliphatic heterocycles. The normalized spacial score (nSPS) is 10.4. The van der Waals surface area contributed by atoms with Crippen molar-refractivity contribution in [2.75, 3.05) is 0 Å². The first kappa shape index (κ1) is 10.7. The van der Waals surface area contributed by atoms with Gasteiger partial charge in [0.15, 0.2) is 5.75 Å². The van der Waals surface area contributed by atoms with Crippen LogP contribution in [0.1, 0.15) is 5.56 Å². The van der Waals surface area contributed by atoms with E-state index in [0.717, 1.165) is 6.54 Å². The average Bonchev–Trinajstić information content (AvgIpc) is 3.03. The summed E-state index contributed by atoms with van der Waals surface area (Å²) >= 11 is 0. The number of furan rings is 1. The highest BCUT2D eigenvalue weighted by Crippen LogP contribution is 2.20. The SMILES string of the molecule is c1ccc(Cn2cc(Oc3ccco3)cn2)cc1. The molecule has 0 amide bonds. The number of benzene rings is 1. The van der Waals surface area contributed by atoms with Gasteiger partial charge < -0.3 is 9.15 Å². The summed E-state index contributed by atoms with van der Waals surface area (Å²) in [6.45, 7) is 0.725. The molecule has 0 saturated carbocycles. The molecule has 0 bridgehead atoms. The Balaban J connectivity index is 1.70. The van der Waals surface area contributed by atoms with E-state index in [1.54, 1.807) is 24.6 Å². The van der Waals surface area contributed by atoms with Crippen molar-refractivity contribution in [2.45, 2.75) is 6.54 Å². The van der Waals surface area contributed by atoms with Gasteiger partial charge in [-0.05, 0) is 11.6 Å². The van der Waals surface area contributed by atoms with E-state index in [4.69, 9.17) is 9.15 Å². The predicted octanol–water partition coefficient (Wildman–Crippen LogP) is 3.32. The number of rotatable bonds is 4. The summed E-state index contributed by atoms with van der Waals surface area (Å²) in [6.07, 6.45) is 5.09. The van der Waals surface area contributed by atoms with Gasteiger partial charge in [0, 0.05) is 6.07 Å². The molecular formula is C14H12N2O2. The summed E-state index contributed by atoms with van der Waals surface area (Å²) in [5.74, 6) is 1.13. The molecule has 2 heterocycles.